The van der Waals surface area contributed by atoms with E-state index in [1.165, 1.54) is 6.42 Å². The van der Waals surface area contributed by atoms with Crippen LogP contribution in [0.25, 0.3) is 0 Å². The molecule has 0 aromatic rings. The lowest BCUT2D eigenvalue weighted by atomic mass is 10.0. The van der Waals surface area contributed by atoms with Gasteiger partial charge in [0.1, 0.15) is 0 Å². The van der Waals surface area contributed by atoms with E-state index in [2.05, 4.69) is 0 Å². The van der Waals surface area contributed by atoms with Crippen molar-refractivity contribution >= 4 is 5.91 Å². The fourth-order valence-corrected chi connectivity index (χ4v) is 2.01. The highest BCUT2D eigenvalue weighted by Crippen LogP contribution is 2.18. The monoisotopic (exact) mass is 198 g/mol. The van der Waals surface area contributed by atoms with Crippen molar-refractivity contribution in [2.45, 2.75) is 37.8 Å². The summed E-state index contributed by atoms with van der Waals surface area (Å²) in [6.45, 7) is 2.27. The maximum atomic E-state index is 11.6. The van der Waals surface area contributed by atoms with Gasteiger partial charge >= 0.3 is 0 Å². The molecule has 2 fully saturated rings. The zero-order valence-electron chi connectivity index (χ0n) is 8.45. The number of carbonyl (C=O) groups excluding carboxylic acids is 1. The molecule has 2 saturated heterocycles. The molecule has 2 aliphatic heterocycles. The minimum atomic E-state index is 0.160. The van der Waals surface area contributed by atoms with Gasteiger partial charge in [-0.15, -0.1) is 0 Å². The summed E-state index contributed by atoms with van der Waals surface area (Å²) in [5, 5.41) is 0. The predicted octanol–water partition coefficient (Wildman–Crippen LogP) is 0.115. The second-order valence-electron chi connectivity index (χ2n) is 4.25. The Kier molecular flexibility index (Phi) is 3.03. The van der Waals surface area contributed by atoms with E-state index in [1.807, 2.05) is 4.90 Å². The number of rotatable bonds is 2. The van der Waals surface area contributed by atoms with Crippen LogP contribution in [0.1, 0.15) is 25.7 Å². The summed E-state index contributed by atoms with van der Waals surface area (Å²) in [5.41, 5.74) is 5.61. The Morgan fingerprint density at radius 3 is 2.79 bits per heavy atom. The zero-order valence-corrected chi connectivity index (χ0v) is 8.45. The van der Waals surface area contributed by atoms with Gasteiger partial charge in [-0.25, -0.2) is 0 Å². The minimum Gasteiger partial charge on any atom is -0.378 e. The molecular formula is C10H18N2O2. The Hall–Kier alpha value is -0.610. The zero-order chi connectivity index (χ0) is 9.97. The van der Waals surface area contributed by atoms with Crippen LogP contribution in [-0.4, -0.2) is 42.6 Å². The molecule has 2 aliphatic rings. The number of amides is 1. The van der Waals surface area contributed by atoms with Crippen LogP contribution in [0.3, 0.4) is 0 Å². The van der Waals surface area contributed by atoms with E-state index in [9.17, 15) is 4.79 Å². The van der Waals surface area contributed by atoms with E-state index in [0.29, 0.717) is 6.42 Å². The molecule has 0 aromatic heterocycles. The molecule has 1 unspecified atom stereocenters. The van der Waals surface area contributed by atoms with E-state index in [1.54, 1.807) is 0 Å². The van der Waals surface area contributed by atoms with E-state index in [4.69, 9.17) is 10.5 Å². The third kappa shape index (κ3) is 2.25. The van der Waals surface area contributed by atoms with Crippen molar-refractivity contribution < 1.29 is 9.53 Å². The Balaban J connectivity index is 1.71. The summed E-state index contributed by atoms with van der Waals surface area (Å²) in [6, 6.07) is 0.200. The molecule has 0 radical (unpaired) electrons. The normalized spacial score (nSPS) is 28.6. The van der Waals surface area contributed by atoms with Gasteiger partial charge in [-0.05, 0) is 19.3 Å². The molecule has 0 saturated carbocycles. The van der Waals surface area contributed by atoms with Gasteiger partial charge in [0, 0.05) is 25.7 Å². The molecule has 2 rings (SSSR count). The third-order valence-corrected chi connectivity index (χ3v) is 2.94. The van der Waals surface area contributed by atoms with Crippen molar-refractivity contribution in [3.63, 3.8) is 0 Å². The molecule has 4 heteroatoms. The molecule has 1 atom stereocenters. The maximum Gasteiger partial charge on any atom is 0.225 e. The van der Waals surface area contributed by atoms with Gasteiger partial charge in [-0.1, -0.05) is 0 Å². The number of hydrogen-bond donors (Lipinski definition) is 1. The van der Waals surface area contributed by atoms with Crippen LogP contribution >= 0.6 is 0 Å². The van der Waals surface area contributed by atoms with Crippen LogP contribution in [0.4, 0.5) is 0 Å². The van der Waals surface area contributed by atoms with Gasteiger partial charge in [0.2, 0.25) is 5.91 Å². The molecule has 0 aliphatic carbocycles. The fourth-order valence-electron chi connectivity index (χ4n) is 2.01. The summed E-state index contributed by atoms with van der Waals surface area (Å²) >= 11 is 0. The minimum absolute atomic E-state index is 0.160. The van der Waals surface area contributed by atoms with Crippen molar-refractivity contribution in [3.8, 4) is 0 Å². The summed E-state index contributed by atoms with van der Waals surface area (Å²) in [7, 11) is 0. The van der Waals surface area contributed by atoms with Crippen LogP contribution in [-0.2, 0) is 9.53 Å². The third-order valence-electron chi connectivity index (χ3n) is 2.94. The Bertz CT molecular complexity index is 208. The molecule has 0 bridgehead atoms. The summed E-state index contributed by atoms with van der Waals surface area (Å²) in [4.78, 5) is 13.5. The second-order valence-corrected chi connectivity index (χ2v) is 4.25. The number of hydrogen-bond acceptors (Lipinski definition) is 3. The van der Waals surface area contributed by atoms with Crippen molar-refractivity contribution in [1.29, 1.82) is 0 Å². The number of nitrogens with two attached hydrogens (primary N) is 1. The topological polar surface area (TPSA) is 55.6 Å². The molecule has 2 N–H and O–H groups in total. The van der Waals surface area contributed by atoms with E-state index in [0.717, 1.165) is 32.5 Å². The summed E-state index contributed by atoms with van der Waals surface area (Å²) in [6.07, 6.45) is 4.07. The Morgan fingerprint density at radius 1 is 1.43 bits per heavy atom. The van der Waals surface area contributed by atoms with Gasteiger partial charge in [-0.2, -0.15) is 0 Å². The standard InChI is InChI=1S/C10H18N2O2/c11-8-6-12(7-8)10(13)5-9-3-1-2-4-14-9/h8-9H,1-7,11H2. The van der Waals surface area contributed by atoms with Crippen LogP contribution in [0.5, 0.6) is 0 Å². The molecule has 2 heterocycles. The van der Waals surface area contributed by atoms with Crippen LogP contribution in [0, 0.1) is 0 Å². The van der Waals surface area contributed by atoms with Gasteiger partial charge in [-0.3, -0.25) is 4.79 Å². The van der Waals surface area contributed by atoms with Crippen LogP contribution < -0.4 is 5.73 Å². The van der Waals surface area contributed by atoms with Gasteiger partial charge in [0.25, 0.3) is 0 Å². The SMILES string of the molecule is NC1CN(C(=O)CC2CCCCO2)C1. The second kappa shape index (κ2) is 4.28. The highest BCUT2D eigenvalue weighted by atomic mass is 16.5. The van der Waals surface area contributed by atoms with E-state index >= 15 is 0 Å². The van der Waals surface area contributed by atoms with Crippen LogP contribution in [0.2, 0.25) is 0 Å². The van der Waals surface area contributed by atoms with Gasteiger partial charge in [0.15, 0.2) is 0 Å². The lowest BCUT2D eigenvalue weighted by molar-refractivity contribution is -0.139. The number of carbonyl (C=O) groups is 1. The highest BCUT2D eigenvalue weighted by molar-refractivity contribution is 5.77. The first-order chi connectivity index (χ1) is 6.75. The first-order valence-electron chi connectivity index (χ1n) is 5.40. The lowest BCUT2D eigenvalue weighted by Crippen LogP contribution is -2.58. The van der Waals surface area contributed by atoms with E-state index in [-0.39, 0.29) is 18.1 Å². The molecular weight excluding hydrogens is 180 g/mol. The molecule has 1 amide bonds. The predicted molar refractivity (Wildman–Crippen MR) is 52.8 cm³/mol. The molecule has 80 valence electrons. The number of nitrogens with zero attached hydrogens (tertiary/aromatic N) is 1. The molecule has 0 spiro atoms. The van der Waals surface area contributed by atoms with Crippen molar-refractivity contribution in [2.24, 2.45) is 5.73 Å². The van der Waals surface area contributed by atoms with Crippen molar-refractivity contribution in [3.05, 3.63) is 0 Å². The van der Waals surface area contributed by atoms with E-state index < -0.39 is 0 Å². The van der Waals surface area contributed by atoms with Crippen LogP contribution in [0.15, 0.2) is 0 Å². The lowest BCUT2D eigenvalue weighted by Gasteiger charge is -2.38. The highest BCUT2D eigenvalue weighted by Gasteiger charge is 2.29. The first-order valence-corrected chi connectivity index (χ1v) is 5.40. The average molecular weight is 198 g/mol. The van der Waals surface area contributed by atoms with Crippen molar-refractivity contribution in [1.82, 2.24) is 4.90 Å². The number of likely N-dealkylation sites (tertiary alicyclic amines) is 1. The summed E-state index contributed by atoms with van der Waals surface area (Å²) < 4.78 is 5.52. The first kappa shape index (κ1) is 9.93. The van der Waals surface area contributed by atoms with Gasteiger partial charge < -0.3 is 15.4 Å². The average Bonchev–Trinajstić information content (AvgIpc) is 2.14. The number of ether oxygens (including phenoxy) is 1. The molecule has 4 nitrogen and oxygen atoms in total. The molecule has 0 aromatic carbocycles. The molecule has 14 heavy (non-hydrogen) atoms. The van der Waals surface area contributed by atoms with Gasteiger partial charge in [0.05, 0.1) is 12.5 Å². The maximum absolute atomic E-state index is 11.6. The fraction of sp³-hybridized carbons (Fsp3) is 0.900. The largest absolute Gasteiger partial charge is 0.378 e. The summed E-state index contributed by atoms with van der Waals surface area (Å²) in [5.74, 6) is 0.207. The Morgan fingerprint density at radius 2 is 2.21 bits per heavy atom. The quantitative estimate of drug-likeness (QED) is 0.685. The smallest absolute Gasteiger partial charge is 0.225 e. The Labute approximate surface area is 84.4 Å². The van der Waals surface area contributed by atoms with Crippen molar-refractivity contribution in [2.75, 3.05) is 19.7 Å².